The minimum Gasteiger partial charge on any atom is -0.324 e. The molecule has 0 saturated heterocycles. The smallest absolute Gasteiger partial charge is 0.262 e. The molecule has 1 unspecified atom stereocenters. The Hall–Kier alpha value is -2.93. The van der Waals surface area contributed by atoms with E-state index in [0.717, 1.165) is 12.8 Å². The van der Waals surface area contributed by atoms with Crippen molar-refractivity contribution in [2.45, 2.75) is 50.6 Å². The van der Waals surface area contributed by atoms with Crippen LogP contribution in [0.3, 0.4) is 0 Å². The van der Waals surface area contributed by atoms with Gasteiger partial charge in [-0.2, -0.15) is 0 Å². The van der Waals surface area contributed by atoms with Crippen LogP contribution in [0.1, 0.15) is 44.0 Å². The fourth-order valence-corrected chi connectivity index (χ4v) is 4.03. The van der Waals surface area contributed by atoms with Crippen molar-refractivity contribution in [3.8, 4) is 0 Å². The first kappa shape index (κ1) is 21.8. The van der Waals surface area contributed by atoms with Crippen LogP contribution in [0.25, 0.3) is 10.9 Å². The Morgan fingerprint density at radius 3 is 2.57 bits per heavy atom. The van der Waals surface area contributed by atoms with Crippen molar-refractivity contribution in [1.82, 2.24) is 9.55 Å². The molecule has 1 N–H and O–H groups in total. The normalized spacial score (nSPS) is 12.0. The average Bonchev–Trinajstić information content (AvgIpc) is 2.73. The minimum absolute atomic E-state index is 0.0916. The van der Waals surface area contributed by atoms with E-state index in [9.17, 15) is 14.4 Å². The SMILES string of the molecule is CCCCn1c(SC(C)C(=O)Nc2ccccc2C(C)=O)nc2ccccc2c1=O. The van der Waals surface area contributed by atoms with Crippen molar-refractivity contribution in [3.63, 3.8) is 0 Å². The van der Waals surface area contributed by atoms with Crippen LogP contribution in [0.15, 0.2) is 58.5 Å². The Kier molecular flexibility index (Phi) is 7.05. The average molecular weight is 424 g/mol. The van der Waals surface area contributed by atoms with E-state index in [-0.39, 0.29) is 17.2 Å². The summed E-state index contributed by atoms with van der Waals surface area (Å²) in [6.07, 6.45) is 1.79. The molecule has 0 spiro atoms. The van der Waals surface area contributed by atoms with Gasteiger partial charge in [0.1, 0.15) is 0 Å². The van der Waals surface area contributed by atoms with Gasteiger partial charge in [0.05, 0.1) is 21.8 Å². The Morgan fingerprint density at radius 2 is 1.83 bits per heavy atom. The van der Waals surface area contributed by atoms with Crippen LogP contribution in [0.5, 0.6) is 0 Å². The summed E-state index contributed by atoms with van der Waals surface area (Å²) < 4.78 is 1.66. The number of Topliss-reactive ketones (excluding diaryl/α,β-unsaturated/α-hetero) is 1. The zero-order chi connectivity index (χ0) is 21.7. The van der Waals surface area contributed by atoms with E-state index in [0.29, 0.717) is 33.9 Å². The molecule has 30 heavy (non-hydrogen) atoms. The number of carbonyl (C=O) groups excluding carboxylic acids is 2. The van der Waals surface area contributed by atoms with E-state index in [1.54, 1.807) is 47.9 Å². The number of anilines is 1. The molecule has 3 aromatic rings. The van der Waals surface area contributed by atoms with Gasteiger partial charge in [0.15, 0.2) is 10.9 Å². The molecule has 1 heterocycles. The lowest BCUT2D eigenvalue weighted by Gasteiger charge is -2.17. The Labute approximate surface area is 179 Å². The van der Waals surface area contributed by atoms with Gasteiger partial charge in [-0.15, -0.1) is 0 Å². The summed E-state index contributed by atoms with van der Waals surface area (Å²) in [5.74, 6) is -0.367. The van der Waals surface area contributed by atoms with Gasteiger partial charge in [-0.3, -0.25) is 19.0 Å². The van der Waals surface area contributed by atoms with Crippen LogP contribution in [0.4, 0.5) is 5.69 Å². The first-order chi connectivity index (χ1) is 14.4. The maximum atomic E-state index is 13.0. The standard InChI is InChI=1S/C23H25N3O3S/c1-4-5-14-26-22(29)18-11-7-9-13-20(18)25-23(26)30-16(3)21(28)24-19-12-8-6-10-17(19)15(2)27/h6-13,16H,4-5,14H2,1-3H3,(H,24,28). The number of rotatable bonds is 8. The van der Waals surface area contributed by atoms with Crippen LogP contribution in [-0.4, -0.2) is 26.5 Å². The van der Waals surface area contributed by atoms with Crippen molar-refractivity contribution in [1.29, 1.82) is 0 Å². The van der Waals surface area contributed by atoms with E-state index in [1.165, 1.54) is 18.7 Å². The number of nitrogens with zero attached hydrogens (tertiary/aromatic N) is 2. The van der Waals surface area contributed by atoms with E-state index >= 15 is 0 Å². The third-order valence-corrected chi connectivity index (χ3v) is 5.87. The van der Waals surface area contributed by atoms with Gasteiger partial charge < -0.3 is 5.32 Å². The largest absolute Gasteiger partial charge is 0.324 e. The van der Waals surface area contributed by atoms with Crippen LogP contribution < -0.4 is 10.9 Å². The Balaban J connectivity index is 1.88. The zero-order valence-electron chi connectivity index (χ0n) is 17.3. The molecule has 0 radical (unpaired) electrons. The topological polar surface area (TPSA) is 81.1 Å². The van der Waals surface area contributed by atoms with E-state index < -0.39 is 5.25 Å². The molecule has 3 rings (SSSR count). The second-order valence-corrected chi connectivity index (χ2v) is 8.38. The third-order valence-electron chi connectivity index (χ3n) is 4.78. The molecule has 0 bridgehead atoms. The number of fused-ring (bicyclic) bond motifs is 1. The lowest BCUT2D eigenvalue weighted by Crippen LogP contribution is -2.27. The number of aromatic nitrogens is 2. The summed E-state index contributed by atoms with van der Waals surface area (Å²) in [4.78, 5) is 42.3. The highest BCUT2D eigenvalue weighted by Crippen LogP contribution is 2.25. The summed E-state index contributed by atoms with van der Waals surface area (Å²) in [7, 11) is 0. The number of nitrogens with one attached hydrogen (secondary N) is 1. The van der Waals surface area contributed by atoms with E-state index in [4.69, 9.17) is 0 Å². The number of thioether (sulfide) groups is 1. The number of hydrogen-bond acceptors (Lipinski definition) is 5. The molecule has 1 amide bonds. The molecule has 1 aromatic heterocycles. The number of benzene rings is 2. The molecular formula is C23H25N3O3S. The van der Waals surface area contributed by atoms with Crippen molar-refractivity contribution in [3.05, 3.63) is 64.4 Å². The summed E-state index contributed by atoms with van der Waals surface area (Å²) >= 11 is 1.25. The highest BCUT2D eigenvalue weighted by molar-refractivity contribution is 8.00. The van der Waals surface area contributed by atoms with Gasteiger partial charge in [0.25, 0.3) is 5.56 Å². The number of ketones is 1. The van der Waals surface area contributed by atoms with Crippen LogP contribution in [-0.2, 0) is 11.3 Å². The molecule has 2 aromatic carbocycles. The molecule has 0 saturated carbocycles. The molecule has 0 aliphatic heterocycles. The van der Waals surface area contributed by atoms with Crippen LogP contribution in [0.2, 0.25) is 0 Å². The van der Waals surface area contributed by atoms with Gasteiger partial charge in [-0.05, 0) is 44.5 Å². The second kappa shape index (κ2) is 9.71. The second-order valence-electron chi connectivity index (χ2n) is 7.07. The van der Waals surface area contributed by atoms with Crippen molar-refractivity contribution < 1.29 is 9.59 Å². The van der Waals surface area contributed by atoms with Gasteiger partial charge in [-0.25, -0.2) is 4.98 Å². The van der Waals surface area contributed by atoms with E-state index in [2.05, 4.69) is 17.2 Å². The maximum absolute atomic E-state index is 13.0. The van der Waals surface area contributed by atoms with Gasteiger partial charge >= 0.3 is 0 Å². The molecule has 0 fully saturated rings. The lowest BCUT2D eigenvalue weighted by atomic mass is 10.1. The van der Waals surface area contributed by atoms with Crippen molar-refractivity contribution in [2.24, 2.45) is 0 Å². The monoisotopic (exact) mass is 423 g/mol. The summed E-state index contributed by atoms with van der Waals surface area (Å²) in [6.45, 7) is 5.85. The van der Waals surface area contributed by atoms with Crippen molar-refractivity contribution >= 4 is 40.0 Å². The first-order valence-corrected chi connectivity index (χ1v) is 10.9. The molecule has 0 aliphatic carbocycles. The number of carbonyl (C=O) groups is 2. The lowest BCUT2D eigenvalue weighted by molar-refractivity contribution is -0.115. The first-order valence-electron chi connectivity index (χ1n) is 9.99. The van der Waals surface area contributed by atoms with Crippen molar-refractivity contribution in [2.75, 3.05) is 5.32 Å². The molecular weight excluding hydrogens is 398 g/mol. The number of amides is 1. The fourth-order valence-electron chi connectivity index (χ4n) is 3.10. The highest BCUT2D eigenvalue weighted by Gasteiger charge is 2.20. The quantitative estimate of drug-likeness (QED) is 0.327. The zero-order valence-corrected chi connectivity index (χ0v) is 18.2. The number of unbranched alkanes of at least 4 members (excludes halogenated alkanes) is 1. The van der Waals surface area contributed by atoms with E-state index in [1.807, 2.05) is 12.1 Å². The Bertz CT molecular complexity index is 1140. The summed E-state index contributed by atoms with van der Waals surface area (Å²) in [5.41, 5.74) is 1.47. The molecule has 6 nitrogen and oxygen atoms in total. The molecule has 0 aliphatic rings. The van der Waals surface area contributed by atoms with Crippen LogP contribution in [0, 0.1) is 0 Å². The predicted octanol–water partition coefficient (Wildman–Crippen LogP) is 4.52. The summed E-state index contributed by atoms with van der Waals surface area (Å²) in [5, 5.41) is 3.42. The highest BCUT2D eigenvalue weighted by atomic mass is 32.2. The predicted molar refractivity (Wildman–Crippen MR) is 121 cm³/mol. The van der Waals surface area contributed by atoms with Gasteiger partial charge in [0.2, 0.25) is 5.91 Å². The number of hydrogen-bond donors (Lipinski definition) is 1. The molecule has 156 valence electrons. The fraction of sp³-hybridized carbons (Fsp3) is 0.304. The van der Waals surface area contributed by atoms with Gasteiger partial charge in [0, 0.05) is 12.1 Å². The Morgan fingerprint density at radius 1 is 1.13 bits per heavy atom. The maximum Gasteiger partial charge on any atom is 0.262 e. The van der Waals surface area contributed by atoms with Crippen LogP contribution >= 0.6 is 11.8 Å². The third kappa shape index (κ3) is 4.79. The molecule has 7 heteroatoms. The summed E-state index contributed by atoms with van der Waals surface area (Å²) in [6, 6.07) is 14.2. The minimum atomic E-state index is -0.508. The number of para-hydroxylation sites is 2. The molecule has 1 atom stereocenters. The van der Waals surface area contributed by atoms with Gasteiger partial charge in [-0.1, -0.05) is 49.4 Å².